The highest BCUT2D eigenvalue weighted by Crippen LogP contribution is 2.33. The fraction of sp³-hybridized carbons (Fsp3) is 0. The molecular weight excluding hydrogens is 366 g/mol. The number of pyridine rings is 1. The summed E-state index contributed by atoms with van der Waals surface area (Å²) in [6, 6.07) is 29.7. The normalized spacial score (nSPS) is 10.4. The Balaban J connectivity index is 1.80. The minimum atomic E-state index is 0.210. The second-order valence-corrected chi connectivity index (χ2v) is 6.82. The van der Waals surface area contributed by atoms with Crippen LogP contribution >= 0.6 is 11.6 Å². The van der Waals surface area contributed by atoms with Crippen LogP contribution < -0.4 is 5.73 Å². The fourth-order valence-electron chi connectivity index (χ4n) is 3.18. The van der Waals surface area contributed by atoms with Gasteiger partial charge in [0.25, 0.3) is 0 Å². The van der Waals surface area contributed by atoms with E-state index in [9.17, 15) is 5.26 Å². The molecule has 0 saturated heterocycles. The maximum absolute atomic E-state index is 9.55. The van der Waals surface area contributed by atoms with E-state index in [2.05, 4.69) is 35.3 Å². The molecule has 3 aromatic carbocycles. The van der Waals surface area contributed by atoms with Crippen LogP contribution in [-0.4, -0.2) is 4.98 Å². The number of aromatic nitrogens is 1. The van der Waals surface area contributed by atoms with Crippen molar-refractivity contribution in [2.75, 3.05) is 5.73 Å². The molecule has 3 nitrogen and oxygen atoms in total. The molecule has 0 bridgehead atoms. The topological polar surface area (TPSA) is 62.7 Å². The van der Waals surface area contributed by atoms with Crippen LogP contribution in [0.15, 0.2) is 84.9 Å². The molecule has 2 N–H and O–H groups in total. The number of nitrogens with zero attached hydrogens (tertiary/aromatic N) is 2. The number of rotatable bonds is 3. The van der Waals surface area contributed by atoms with Crippen molar-refractivity contribution < 1.29 is 0 Å². The lowest BCUT2D eigenvalue weighted by Crippen LogP contribution is -1.99. The third kappa shape index (κ3) is 3.46. The number of nitrogen functional groups attached to an aromatic ring is 1. The van der Waals surface area contributed by atoms with Gasteiger partial charge in [-0.05, 0) is 34.9 Å². The fourth-order valence-corrected chi connectivity index (χ4v) is 3.37. The third-order valence-electron chi connectivity index (χ3n) is 4.58. The molecule has 0 radical (unpaired) electrons. The van der Waals surface area contributed by atoms with Gasteiger partial charge in [0.05, 0.1) is 5.69 Å². The van der Waals surface area contributed by atoms with Crippen LogP contribution in [0.3, 0.4) is 0 Å². The maximum atomic E-state index is 9.55. The molecule has 0 amide bonds. The minimum absolute atomic E-state index is 0.210. The molecule has 1 heterocycles. The Bertz CT molecular complexity index is 1180. The number of benzene rings is 3. The number of halogens is 1. The Hall–Kier alpha value is -3.61. The smallest absolute Gasteiger partial charge is 0.142 e. The van der Waals surface area contributed by atoms with Gasteiger partial charge in [-0.25, -0.2) is 4.98 Å². The lowest BCUT2D eigenvalue weighted by molar-refractivity contribution is 1.31. The molecule has 0 fully saturated rings. The number of nitriles is 1. The van der Waals surface area contributed by atoms with Crippen molar-refractivity contribution in [1.82, 2.24) is 4.98 Å². The van der Waals surface area contributed by atoms with Crippen molar-refractivity contribution >= 4 is 17.4 Å². The van der Waals surface area contributed by atoms with E-state index in [0.717, 1.165) is 27.8 Å². The molecule has 4 rings (SSSR count). The largest absolute Gasteiger partial charge is 0.383 e. The third-order valence-corrected chi connectivity index (χ3v) is 4.82. The van der Waals surface area contributed by atoms with E-state index in [-0.39, 0.29) is 5.82 Å². The molecule has 28 heavy (non-hydrogen) atoms. The zero-order valence-corrected chi connectivity index (χ0v) is 15.7. The van der Waals surface area contributed by atoms with Crippen LogP contribution in [0, 0.1) is 11.3 Å². The van der Waals surface area contributed by atoms with Crippen LogP contribution in [0.25, 0.3) is 33.5 Å². The highest BCUT2D eigenvalue weighted by molar-refractivity contribution is 6.30. The zero-order valence-electron chi connectivity index (χ0n) is 14.9. The van der Waals surface area contributed by atoms with Crippen molar-refractivity contribution in [3.63, 3.8) is 0 Å². The summed E-state index contributed by atoms with van der Waals surface area (Å²) in [6.07, 6.45) is 0. The molecule has 0 unspecified atom stereocenters. The van der Waals surface area contributed by atoms with Crippen molar-refractivity contribution in [1.29, 1.82) is 5.26 Å². The molecule has 0 saturated carbocycles. The number of hydrogen-bond donors (Lipinski definition) is 1. The van der Waals surface area contributed by atoms with E-state index in [1.165, 1.54) is 0 Å². The molecule has 0 atom stereocenters. The summed E-state index contributed by atoms with van der Waals surface area (Å²) in [5.74, 6) is 0.210. The van der Waals surface area contributed by atoms with Gasteiger partial charge in [0.1, 0.15) is 17.5 Å². The van der Waals surface area contributed by atoms with Crippen LogP contribution in [0.2, 0.25) is 5.02 Å². The summed E-state index contributed by atoms with van der Waals surface area (Å²) >= 11 is 6.13. The Morgan fingerprint density at radius 3 is 2.07 bits per heavy atom. The molecule has 0 aliphatic heterocycles. The molecule has 0 aliphatic carbocycles. The number of nitrogens with two attached hydrogens (primary N) is 1. The van der Waals surface area contributed by atoms with Crippen LogP contribution in [-0.2, 0) is 0 Å². The molecule has 1 aromatic heterocycles. The minimum Gasteiger partial charge on any atom is -0.383 e. The van der Waals surface area contributed by atoms with Gasteiger partial charge in [-0.2, -0.15) is 5.26 Å². The second-order valence-electron chi connectivity index (χ2n) is 6.38. The summed E-state index contributed by atoms with van der Waals surface area (Å²) in [5, 5.41) is 10.2. The summed E-state index contributed by atoms with van der Waals surface area (Å²) in [7, 11) is 0. The van der Waals surface area contributed by atoms with Gasteiger partial charge in [-0.3, -0.25) is 0 Å². The van der Waals surface area contributed by atoms with E-state index in [0.29, 0.717) is 16.3 Å². The molecule has 0 spiro atoms. The highest BCUT2D eigenvalue weighted by Gasteiger charge is 2.14. The SMILES string of the molecule is N#Cc1c(-c2cccc(Cl)c2)cc(-c2ccc(-c3ccccc3)cc2)nc1N. The quantitative estimate of drug-likeness (QED) is 0.460. The van der Waals surface area contributed by atoms with Crippen molar-refractivity contribution in [2.24, 2.45) is 0 Å². The van der Waals surface area contributed by atoms with E-state index in [1.807, 2.05) is 54.6 Å². The van der Waals surface area contributed by atoms with Gasteiger partial charge in [0.15, 0.2) is 0 Å². The lowest BCUT2D eigenvalue weighted by Gasteiger charge is -2.11. The van der Waals surface area contributed by atoms with Gasteiger partial charge >= 0.3 is 0 Å². The molecule has 134 valence electrons. The van der Waals surface area contributed by atoms with Crippen molar-refractivity contribution in [2.45, 2.75) is 0 Å². The predicted octanol–water partition coefficient (Wildman–Crippen LogP) is 6.19. The van der Waals surface area contributed by atoms with Gasteiger partial charge < -0.3 is 5.73 Å². The molecule has 4 heteroatoms. The Morgan fingerprint density at radius 2 is 1.39 bits per heavy atom. The zero-order chi connectivity index (χ0) is 19.5. The first kappa shape index (κ1) is 17.8. The van der Waals surface area contributed by atoms with Gasteiger partial charge in [0.2, 0.25) is 0 Å². The maximum Gasteiger partial charge on any atom is 0.142 e. The van der Waals surface area contributed by atoms with E-state index < -0.39 is 0 Å². The molecule has 0 aliphatic rings. The first-order valence-electron chi connectivity index (χ1n) is 8.78. The summed E-state index contributed by atoms with van der Waals surface area (Å²) in [4.78, 5) is 4.45. The summed E-state index contributed by atoms with van der Waals surface area (Å²) < 4.78 is 0. The van der Waals surface area contributed by atoms with Crippen molar-refractivity contribution in [3.8, 4) is 39.6 Å². The Labute approximate surface area is 168 Å². The molecule has 4 aromatic rings. The Kier molecular flexibility index (Phi) is 4.80. The van der Waals surface area contributed by atoms with E-state index >= 15 is 0 Å². The van der Waals surface area contributed by atoms with Crippen LogP contribution in [0.1, 0.15) is 5.56 Å². The summed E-state index contributed by atoms with van der Waals surface area (Å²) in [6.45, 7) is 0. The number of hydrogen-bond acceptors (Lipinski definition) is 3. The standard InChI is InChI=1S/C24H16ClN3/c25-20-8-4-7-19(13-20)21-14-23(28-24(27)22(21)15-26)18-11-9-17(10-12-18)16-5-2-1-3-6-16/h1-14H,(H2,27,28). The van der Waals surface area contributed by atoms with Crippen molar-refractivity contribution in [3.05, 3.63) is 95.5 Å². The van der Waals surface area contributed by atoms with E-state index in [4.69, 9.17) is 17.3 Å². The average Bonchev–Trinajstić information content (AvgIpc) is 2.74. The first-order chi connectivity index (χ1) is 13.7. The van der Waals surface area contributed by atoms with Gasteiger partial charge in [0, 0.05) is 16.1 Å². The van der Waals surface area contributed by atoms with Gasteiger partial charge in [-0.1, -0.05) is 78.3 Å². The Morgan fingerprint density at radius 1 is 0.750 bits per heavy atom. The van der Waals surface area contributed by atoms with Crippen LogP contribution in [0.4, 0.5) is 5.82 Å². The monoisotopic (exact) mass is 381 g/mol. The predicted molar refractivity (Wildman–Crippen MR) is 115 cm³/mol. The average molecular weight is 382 g/mol. The van der Waals surface area contributed by atoms with E-state index in [1.54, 1.807) is 6.07 Å². The second kappa shape index (κ2) is 7.56. The van der Waals surface area contributed by atoms with Crippen LogP contribution in [0.5, 0.6) is 0 Å². The van der Waals surface area contributed by atoms with Gasteiger partial charge in [-0.15, -0.1) is 0 Å². The molecular formula is C24H16ClN3. The summed E-state index contributed by atoms with van der Waals surface area (Å²) in [5.41, 5.74) is 11.9. The lowest BCUT2D eigenvalue weighted by atomic mass is 9.97. The first-order valence-corrected chi connectivity index (χ1v) is 9.16. The number of anilines is 1. The highest BCUT2D eigenvalue weighted by atomic mass is 35.5.